The van der Waals surface area contributed by atoms with Gasteiger partial charge in [0.15, 0.2) is 0 Å². The molecule has 0 saturated heterocycles. The molecule has 0 fully saturated rings. The third-order valence-corrected chi connectivity index (χ3v) is 10.8. The number of halogens is 1. The van der Waals surface area contributed by atoms with Crippen molar-refractivity contribution in [1.82, 2.24) is 19.9 Å². The number of fused-ring (bicyclic) bond motifs is 8. The summed E-state index contributed by atoms with van der Waals surface area (Å²) in [5.41, 5.74) is 13.0. The van der Waals surface area contributed by atoms with Gasteiger partial charge >= 0.3 is 0 Å². The fourth-order valence-electron chi connectivity index (χ4n) is 7.46. The van der Waals surface area contributed by atoms with E-state index in [-0.39, 0.29) is 17.2 Å². The lowest BCUT2D eigenvalue weighted by Gasteiger charge is -2.15. The topological polar surface area (TPSA) is 116 Å². The van der Waals surface area contributed by atoms with Gasteiger partial charge in [-0.2, -0.15) is 0 Å². The lowest BCUT2D eigenvalue weighted by atomic mass is 9.87. The standard InChI is InChI=1S/C45H39BrN6O2/c1-25-18-26(2)39(27(3)19-25)40-34-17-16-30(47-34)21-35-32(43(53)49-28-12-8-6-9-13-28)20-31(48-35)22-38-45(4,5)24-37(51-38)41(46)42-33(23-36(40)52-42)44(54)50-29-14-10-7-11-15-29/h6-23,48,52H,24H2,1-5H3,(H,49,53)(H,50,54). The van der Waals surface area contributed by atoms with Gasteiger partial charge in [0.2, 0.25) is 0 Å². The van der Waals surface area contributed by atoms with E-state index in [4.69, 9.17) is 9.97 Å². The minimum Gasteiger partial charge on any atom is -0.355 e. The Morgan fingerprint density at radius 1 is 0.704 bits per heavy atom. The van der Waals surface area contributed by atoms with Crippen molar-refractivity contribution in [3.8, 4) is 11.1 Å². The monoisotopic (exact) mass is 774 g/mol. The highest BCUT2D eigenvalue weighted by Crippen LogP contribution is 2.39. The van der Waals surface area contributed by atoms with Gasteiger partial charge in [-0.3, -0.25) is 14.6 Å². The summed E-state index contributed by atoms with van der Waals surface area (Å²) in [6, 6.07) is 30.9. The van der Waals surface area contributed by atoms with Crippen molar-refractivity contribution < 1.29 is 9.59 Å². The number of nitrogens with one attached hydrogen (secondary N) is 4. The first-order valence-electron chi connectivity index (χ1n) is 17.9. The number of anilines is 2. The molecular formula is C45H39BrN6O2. The second-order valence-electron chi connectivity index (χ2n) is 14.7. The SMILES string of the molecule is Cc1cc(C)c(-c2c3nc(cc4[nH]c(cc5nc(c(Br)c6[nH]c2cc6C(=O)Nc2ccccc2)CC5(C)C)cc4C(=O)Nc2ccccc2)C=C3)c(C)c1. The van der Waals surface area contributed by atoms with Crippen LogP contribution in [0.2, 0.25) is 0 Å². The van der Waals surface area contributed by atoms with E-state index in [9.17, 15) is 9.59 Å². The van der Waals surface area contributed by atoms with E-state index >= 15 is 0 Å². The van der Waals surface area contributed by atoms with E-state index in [1.54, 1.807) is 0 Å². The van der Waals surface area contributed by atoms with Gasteiger partial charge in [0.05, 0.1) is 43.7 Å². The van der Waals surface area contributed by atoms with Crippen LogP contribution in [0.5, 0.6) is 0 Å². The number of aromatic amines is 2. The van der Waals surface area contributed by atoms with Crippen LogP contribution in [0.4, 0.5) is 11.4 Å². The van der Waals surface area contributed by atoms with Gasteiger partial charge in [-0.25, -0.2) is 4.98 Å². The number of H-pyrrole nitrogens is 2. The summed E-state index contributed by atoms with van der Waals surface area (Å²) < 4.78 is 0.701. The van der Waals surface area contributed by atoms with Crippen LogP contribution in [0.3, 0.4) is 0 Å². The first-order chi connectivity index (χ1) is 25.9. The van der Waals surface area contributed by atoms with Gasteiger partial charge in [-0.15, -0.1) is 0 Å². The van der Waals surface area contributed by atoms with E-state index in [1.165, 1.54) is 0 Å². The van der Waals surface area contributed by atoms with Crippen molar-refractivity contribution in [3.63, 3.8) is 0 Å². The van der Waals surface area contributed by atoms with Crippen LogP contribution in [0.15, 0.2) is 102 Å². The van der Waals surface area contributed by atoms with Gasteiger partial charge in [-0.05, 0) is 114 Å². The molecule has 0 spiro atoms. The molecule has 0 saturated carbocycles. The highest BCUT2D eigenvalue weighted by Gasteiger charge is 2.31. The van der Waals surface area contributed by atoms with Crippen LogP contribution in [-0.2, 0) is 11.8 Å². The highest BCUT2D eigenvalue weighted by molar-refractivity contribution is 9.10. The Balaban J connectivity index is 1.46. The molecule has 0 atom stereocenters. The predicted octanol–water partition coefficient (Wildman–Crippen LogP) is 10.9. The predicted molar refractivity (Wildman–Crippen MR) is 223 cm³/mol. The fraction of sp³-hybridized carbons (Fsp3) is 0.156. The van der Waals surface area contributed by atoms with Crippen LogP contribution in [0.1, 0.15) is 74.0 Å². The number of aromatic nitrogens is 4. The number of nitrogens with zero attached hydrogens (tertiary/aromatic N) is 2. The second kappa shape index (κ2) is 13.7. The molecule has 8 nitrogen and oxygen atoms in total. The zero-order valence-corrected chi connectivity index (χ0v) is 32.3. The third kappa shape index (κ3) is 6.67. The van der Waals surface area contributed by atoms with Gasteiger partial charge in [0, 0.05) is 45.5 Å². The van der Waals surface area contributed by atoms with Crippen LogP contribution in [0, 0.1) is 20.8 Å². The van der Waals surface area contributed by atoms with Crippen molar-refractivity contribution in [1.29, 1.82) is 0 Å². The average Bonchev–Trinajstić information content (AvgIpc) is 3.93. The first kappa shape index (κ1) is 35.0. The number of para-hydroxylation sites is 2. The van der Waals surface area contributed by atoms with Crippen LogP contribution < -0.4 is 10.6 Å². The van der Waals surface area contributed by atoms with Gasteiger partial charge in [0.1, 0.15) is 0 Å². The summed E-state index contributed by atoms with van der Waals surface area (Å²) >= 11 is 3.92. The summed E-state index contributed by atoms with van der Waals surface area (Å²) in [5, 5.41) is 6.13. The van der Waals surface area contributed by atoms with Gasteiger partial charge in [-0.1, -0.05) is 67.9 Å². The maximum absolute atomic E-state index is 14.2. The number of hydrogen-bond donors (Lipinski definition) is 4. The molecular weight excluding hydrogens is 736 g/mol. The summed E-state index contributed by atoms with van der Waals surface area (Å²) in [6.45, 7) is 10.6. The molecule has 2 aliphatic rings. The Morgan fingerprint density at radius 3 is 1.98 bits per heavy atom. The molecule has 0 radical (unpaired) electrons. The molecule has 3 aromatic carbocycles. The molecule has 268 valence electrons. The summed E-state index contributed by atoms with van der Waals surface area (Å²) in [4.78, 5) is 45.5. The molecule has 0 aliphatic carbocycles. The Kier molecular flexibility index (Phi) is 8.90. The number of aryl methyl sites for hydroxylation is 3. The molecule has 54 heavy (non-hydrogen) atoms. The molecule has 3 aromatic heterocycles. The number of rotatable bonds is 5. The summed E-state index contributed by atoms with van der Waals surface area (Å²) in [6.07, 6.45) is 4.56. The lowest BCUT2D eigenvalue weighted by molar-refractivity contribution is 0.102. The minimum atomic E-state index is -0.346. The lowest BCUT2D eigenvalue weighted by Crippen LogP contribution is -2.15. The van der Waals surface area contributed by atoms with Crippen LogP contribution in [-0.4, -0.2) is 31.8 Å². The van der Waals surface area contributed by atoms with Gasteiger partial charge < -0.3 is 20.6 Å². The zero-order valence-electron chi connectivity index (χ0n) is 30.7. The molecule has 8 rings (SSSR count). The summed E-state index contributed by atoms with van der Waals surface area (Å²) in [5.74, 6) is -0.481. The van der Waals surface area contributed by atoms with Crippen molar-refractivity contribution >= 4 is 73.3 Å². The Hall–Kier alpha value is -6.06. The molecule has 0 unspecified atom stereocenters. The first-order valence-corrected chi connectivity index (χ1v) is 18.7. The largest absolute Gasteiger partial charge is 0.355 e. The average molecular weight is 776 g/mol. The number of carbonyl (C=O) groups is 2. The molecule has 5 heterocycles. The second-order valence-corrected chi connectivity index (χ2v) is 15.5. The van der Waals surface area contributed by atoms with Crippen molar-refractivity contribution in [2.75, 3.05) is 10.6 Å². The van der Waals surface area contributed by atoms with E-state index < -0.39 is 0 Å². The van der Waals surface area contributed by atoms with Gasteiger partial charge in [0.25, 0.3) is 11.8 Å². The molecule has 6 aromatic rings. The van der Waals surface area contributed by atoms with Crippen LogP contribution in [0.25, 0.3) is 45.3 Å². The van der Waals surface area contributed by atoms with Crippen molar-refractivity contribution in [2.45, 2.75) is 46.5 Å². The number of benzene rings is 3. The molecule has 2 aliphatic heterocycles. The minimum absolute atomic E-state index is 0.234. The van der Waals surface area contributed by atoms with E-state index in [0.717, 1.165) is 55.9 Å². The molecule has 9 heteroatoms. The Morgan fingerprint density at radius 2 is 1.33 bits per heavy atom. The van der Waals surface area contributed by atoms with E-state index in [1.807, 2.05) is 97.1 Å². The smallest absolute Gasteiger partial charge is 0.257 e. The third-order valence-electron chi connectivity index (χ3n) is 9.97. The normalized spacial score (nSPS) is 13.1. The zero-order chi connectivity index (χ0) is 37.7. The maximum Gasteiger partial charge on any atom is 0.257 e. The number of carbonyl (C=O) groups excluding carboxylic acids is 2. The number of amides is 2. The highest BCUT2D eigenvalue weighted by atomic mass is 79.9. The molecule has 2 amide bonds. The van der Waals surface area contributed by atoms with Crippen LogP contribution >= 0.6 is 15.9 Å². The van der Waals surface area contributed by atoms with E-state index in [2.05, 4.69) is 83.3 Å². The van der Waals surface area contributed by atoms with E-state index in [0.29, 0.717) is 50.1 Å². The fourth-order valence-corrected chi connectivity index (χ4v) is 8.01. The molecule has 4 N–H and O–H groups in total. The Bertz CT molecular complexity index is 2670. The van der Waals surface area contributed by atoms with Crippen molar-refractivity contribution in [2.24, 2.45) is 0 Å². The summed E-state index contributed by atoms with van der Waals surface area (Å²) in [7, 11) is 0. The Labute approximate surface area is 322 Å². The van der Waals surface area contributed by atoms with Crippen molar-refractivity contribution in [3.05, 3.63) is 152 Å². The molecule has 8 bridgehead atoms. The number of hydrogen-bond acceptors (Lipinski definition) is 4. The quantitative estimate of drug-likeness (QED) is 0.139. The maximum atomic E-state index is 14.2.